The Hall–Kier alpha value is -1.57. The van der Waals surface area contributed by atoms with Gasteiger partial charge in [0, 0.05) is 18.7 Å². The molecule has 1 amide bonds. The van der Waals surface area contributed by atoms with Crippen LogP contribution in [-0.4, -0.2) is 44.5 Å². The zero-order valence-electron chi connectivity index (χ0n) is 12.9. The fourth-order valence-corrected chi connectivity index (χ4v) is 1.81. The van der Waals surface area contributed by atoms with E-state index in [-0.39, 0.29) is 0 Å². The van der Waals surface area contributed by atoms with Crippen LogP contribution in [0.5, 0.6) is 0 Å². The summed E-state index contributed by atoms with van der Waals surface area (Å²) in [5.41, 5.74) is 0.175. The quantitative estimate of drug-likeness (QED) is 0.585. The SMILES string of the molecule is CCC(/C=C\NS(=O)(=O)NC(=O)OC(C)(C)C)=[N+](C)C. The van der Waals surface area contributed by atoms with E-state index in [1.165, 1.54) is 6.20 Å². The lowest BCUT2D eigenvalue weighted by atomic mass is 10.2. The van der Waals surface area contributed by atoms with Crippen LogP contribution < -0.4 is 9.44 Å². The van der Waals surface area contributed by atoms with Gasteiger partial charge in [0.25, 0.3) is 0 Å². The lowest BCUT2D eigenvalue weighted by molar-refractivity contribution is -0.464. The first-order chi connectivity index (χ1) is 8.97. The molecule has 0 aromatic carbocycles. The van der Waals surface area contributed by atoms with E-state index in [1.807, 2.05) is 25.6 Å². The van der Waals surface area contributed by atoms with Crippen molar-refractivity contribution in [3.05, 3.63) is 12.3 Å². The van der Waals surface area contributed by atoms with Crippen LogP contribution in [0.3, 0.4) is 0 Å². The number of rotatable bonds is 5. The highest BCUT2D eigenvalue weighted by Gasteiger charge is 2.20. The maximum atomic E-state index is 11.6. The van der Waals surface area contributed by atoms with Gasteiger partial charge in [-0.05, 0) is 20.8 Å². The molecule has 0 heterocycles. The van der Waals surface area contributed by atoms with Gasteiger partial charge in [-0.1, -0.05) is 6.92 Å². The summed E-state index contributed by atoms with van der Waals surface area (Å²) in [5.74, 6) is 0. The minimum absolute atomic E-state index is 0.755. The number of carbonyl (C=O) groups is 1. The van der Waals surface area contributed by atoms with Crippen LogP contribution in [0.4, 0.5) is 4.79 Å². The molecule has 116 valence electrons. The van der Waals surface area contributed by atoms with Gasteiger partial charge in [0.2, 0.25) is 0 Å². The molecule has 0 aromatic rings. The number of ether oxygens (including phenoxy) is 1. The fourth-order valence-electron chi connectivity index (χ4n) is 1.24. The van der Waals surface area contributed by atoms with Gasteiger partial charge in [0.15, 0.2) is 5.71 Å². The highest BCUT2D eigenvalue weighted by molar-refractivity contribution is 7.88. The fraction of sp³-hybridized carbons (Fsp3) is 0.667. The summed E-state index contributed by atoms with van der Waals surface area (Å²) in [6, 6.07) is 0. The van der Waals surface area contributed by atoms with Crippen LogP contribution >= 0.6 is 0 Å². The second kappa shape index (κ2) is 7.28. The monoisotopic (exact) mass is 306 g/mol. The van der Waals surface area contributed by atoms with Gasteiger partial charge in [-0.25, -0.2) is 14.1 Å². The summed E-state index contributed by atoms with van der Waals surface area (Å²) < 4.78 is 33.7. The first kappa shape index (κ1) is 18.4. The van der Waals surface area contributed by atoms with Crippen molar-refractivity contribution in [2.75, 3.05) is 14.1 Å². The summed E-state index contributed by atoms with van der Waals surface area (Å²) in [7, 11) is -0.260. The Bertz CT molecular complexity index is 497. The lowest BCUT2D eigenvalue weighted by Crippen LogP contribution is -2.41. The molecule has 7 nitrogen and oxygen atoms in total. The van der Waals surface area contributed by atoms with Gasteiger partial charge in [0.1, 0.15) is 19.7 Å². The molecule has 0 spiro atoms. The molecule has 0 unspecified atom stereocenters. The molecule has 0 fully saturated rings. The number of amides is 1. The number of hydrogen-bond donors (Lipinski definition) is 2. The summed E-state index contributed by atoms with van der Waals surface area (Å²) in [4.78, 5) is 11.3. The number of carbonyl (C=O) groups excluding carboxylic acids is 1. The molecule has 20 heavy (non-hydrogen) atoms. The van der Waals surface area contributed by atoms with E-state index in [0.717, 1.165) is 12.1 Å². The van der Waals surface area contributed by atoms with Gasteiger partial charge in [-0.2, -0.15) is 8.42 Å². The highest BCUT2D eigenvalue weighted by Crippen LogP contribution is 2.06. The van der Waals surface area contributed by atoms with E-state index < -0.39 is 21.9 Å². The van der Waals surface area contributed by atoms with Crippen molar-refractivity contribution >= 4 is 22.0 Å². The van der Waals surface area contributed by atoms with Crippen LogP contribution in [0, 0.1) is 0 Å². The van der Waals surface area contributed by atoms with Gasteiger partial charge in [-0.15, -0.1) is 0 Å². The predicted molar refractivity (Wildman–Crippen MR) is 78.0 cm³/mol. The van der Waals surface area contributed by atoms with Crippen LogP contribution in [0.15, 0.2) is 12.3 Å². The van der Waals surface area contributed by atoms with E-state index in [1.54, 1.807) is 31.6 Å². The smallest absolute Gasteiger partial charge is 0.422 e. The minimum atomic E-state index is -3.98. The number of nitrogens with one attached hydrogen (secondary N) is 2. The van der Waals surface area contributed by atoms with Crippen LogP contribution in [0.2, 0.25) is 0 Å². The molecule has 0 aliphatic heterocycles. The topological polar surface area (TPSA) is 87.5 Å². The van der Waals surface area contributed by atoms with Crippen LogP contribution in [0.1, 0.15) is 34.1 Å². The van der Waals surface area contributed by atoms with Gasteiger partial charge < -0.3 is 4.74 Å². The summed E-state index contributed by atoms with van der Waals surface area (Å²) in [5, 5.41) is 0. The molecule has 0 rings (SSSR count). The van der Waals surface area contributed by atoms with Gasteiger partial charge in [0.05, 0.1) is 0 Å². The maximum absolute atomic E-state index is 11.6. The normalized spacial score (nSPS) is 12.1. The van der Waals surface area contributed by atoms with Crippen molar-refractivity contribution in [1.29, 1.82) is 0 Å². The molecule has 8 heteroatoms. The van der Waals surface area contributed by atoms with Crippen molar-refractivity contribution in [2.45, 2.75) is 39.7 Å². The molecule has 0 bridgehead atoms. The second-order valence-corrected chi connectivity index (χ2v) is 6.74. The molecule has 2 N–H and O–H groups in total. The molecule has 0 saturated carbocycles. The molecular formula is C12H24N3O4S+. The lowest BCUT2D eigenvalue weighted by Gasteiger charge is -2.19. The zero-order chi connectivity index (χ0) is 16.0. The molecule has 0 atom stereocenters. The highest BCUT2D eigenvalue weighted by atomic mass is 32.2. The van der Waals surface area contributed by atoms with Crippen molar-refractivity contribution in [2.24, 2.45) is 0 Å². The molecular weight excluding hydrogens is 282 g/mol. The van der Waals surface area contributed by atoms with Crippen molar-refractivity contribution in [3.63, 3.8) is 0 Å². The molecule has 0 aliphatic rings. The van der Waals surface area contributed by atoms with E-state index in [9.17, 15) is 13.2 Å². The Morgan fingerprint density at radius 2 is 1.85 bits per heavy atom. The molecule has 0 aliphatic carbocycles. The Kier molecular flexibility index (Phi) is 6.70. The summed E-state index contributed by atoms with van der Waals surface area (Å²) >= 11 is 0. The Labute approximate surface area is 120 Å². The molecule has 0 radical (unpaired) electrons. The van der Waals surface area contributed by atoms with Crippen molar-refractivity contribution in [1.82, 2.24) is 9.44 Å². The summed E-state index contributed by atoms with van der Waals surface area (Å²) in [6.07, 6.45) is 2.61. The van der Waals surface area contributed by atoms with Gasteiger partial charge >= 0.3 is 16.3 Å². The summed E-state index contributed by atoms with van der Waals surface area (Å²) in [6.45, 7) is 6.89. The largest absolute Gasteiger partial charge is 0.443 e. The molecule has 0 aromatic heterocycles. The van der Waals surface area contributed by atoms with Gasteiger partial charge in [-0.3, -0.25) is 4.72 Å². The number of allylic oxidation sites excluding steroid dienone is 1. The van der Waals surface area contributed by atoms with E-state index in [0.29, 0.717) is 0 Å². The van der Waals surface area contributed by atoms with E-state index in [4.69, 9.17) is 4.74 Å². The third kappa shape index (κ3) is 8.52. The van der Waals surface area contributed by atoms with E-state index >= 15 is 0 Å². The van der Waals surface area contributed by atoms with Crippen LogP contribution in [-0.2, 0) is 14.9 Å². The third-order valence-electron chi connectivity index (χ3n) is 2.05. The van der Waals surface area contributed by atoms with E-state index in [2.05, 4.69) is 4.72 Å². The maximum Gasteiger partial charge on any atom is 0.422 e. The Balaban J connectivity index is 4.60. The van der Waals surface area contributed by atoms with Crippen molar-refractivity contribution < 1.29 is 22.5 Å². The molecule has 0 saturated heterocycles. The van der Waals surface area contributed by atoms with Crippen molar-refractivity contribution in [3.8, 4) is 0 Å². The van der Waals surface area contributed by atoms with Crippen LogP contribution in [0.25, 0.3) is 0 Å². The third-order valence-corrected chi connectivity index (χ3v) is 2.93. The number of nitrogens with zero attached hydrogens (tertiary/aromatic N) is 1. The minimum Gasteiger partial charge on any atom is -0.443 e. The predicted octanol–water partition coefficient (Wildman–Crippen LogP) is 0.982. The average Bonchev–Trinajstić information content (AvgIpc) is 2.19. The first-order valence-corrected chi connectivity index (χ1v) is 7.68. The Morgan fingerprint density at radius 3 is 2.25 bits per heavy atom. The first-order valence-electron chi connectivity index (χ1n) is 6.19. The standard InChI is InChI=1S/C12H23N3O4S/c1-7-10(15(5)6)8-9-13-20(17,18)14-11(16)19-12(2,3)4/h8-9H,7H2,1-6H3,(H,14,16)/p+1. The average molecular weight is 306 g/mol. The zero-order valence-corrected chi connectivity index (χ0v) is 13.7. The number of hydrogen-bond acceptors (Lipinski definition) is 4. The second-order valence-electron chi connectivity index (χ2n) is 5.30. The Morgan fingerprint density at radius 1 is 1.30 bits per heavy atom.